The summed E-state index contributed by atoms with van der Waals surface area (Å²) in [6, 6.07) is 16.6. The Balaban J connectivity index is 1.42. The van der Waals surface area contributed by atoms with E-state index in [4.69, 9.17) is 0 Å². The summed E-state index contributed by atoms with van der Waals surface area (Å²) >= 11 is 0. The summed E-state index contributed by atoms with van der Waals surface area (Å²) in [4.78, 5) is 16.9. The minimum atomic E-state index is -0.283. The van der Waals surface area contributed by atoms with E-state index in [1.54, 1.807) is 12.1 Å². The number of nitrogens with one attached hydrogen (secondary N) is 1. The molecule has 5 heteroatoms. The van der Waals surface area contributed by atoms with Crippen molar-refractivity contribution in [2.45, 2.75) is 31.8 Å². The molecule has 1 aliphatic heterocycles. The molecule has 4 rings (SSSR count). The maximum Gasteiger partial charge on any atom is 0.271 e. The molecule has 0 saturated heterocycles. The number of nitrogens with zero attached hydrogens (tertiary/aromatic N) is 2. The number of rotatable bonds is 4. The van der Waals surface area contributed by atoms with Crippen LogP contribution in [0.3, 0.4) is 0 Å². The fourth-order valence-electron chi connectivity index (χ4n) is 3.43. The Kier molecular flexibility index (Phi) is 4.52. The van der Waals surface area contributed by atoms with Crippen LogP contribution in [0.15, 0.2) is 60.8 Å². The minimum Gasteiger partial charge on any atom is -0.347 e. The van der Waals surface area contributed by atoms with Gasteiger partial charge in [-0.3, -0.25) is 4.79 Å². The van der Waals surface area contributed by atoms with Crippen LogP contribution in [0.25, 0.3) is 0 Å². The predicted molar refractivity (Wildman–Crippen MR) is 97.3 cm³/mol. The Hall–Kier alpha value is -2.95. The van der Waals surface area contributed by atoms with Crippen LogP contribution in [0.1, 0.15) is 39.8 Å². The Morgan fingerprint density at radius 1 is 1.15 bits per heavy atom. The summed E-state index contributed by atoms with van der Waals surface area (Å²) in [6.07, 6.45) is 3.74. The number of amides is 1. The molecule has 0 spiro atoms. The van der Waals surface area contributed by atoms with Crippen LogP contribution >= 0.6 is 0 Å². The molecule has 1 N–H and O–H groups in total. The molecule has 1 amide bonds. The highest BCUT2D eigenvalue weighted by Crippen LogP contribution is 2.28. The fraction of sp³-hybridized carbons (Fsp3) is 0.238. The fourth-order valence-corrected chi connectivity index (χ4v) is 3.43. The zero-order valence-electron chi connectivity index (χ0n) is 14.4. The number of aromatic nitrogens is 2. The van der Waals surface area contributed by atoms with E-state index >= 15 is 0 Å². The van der Waals surface area contributed by atoms with E-state index in [9.17, 15) is 9.18 Å². The normalized spacial score (nSPS) is 16.1. The van der Waals surface area contributed by atoms with Crippen LogP contribution in [-0.4, -0.2) is 15.5 Å². The average molecular weight is 349 g/mol. The lowest BCUT2D eigenvalue weighted by molar-refractivity contribution is 0.0946. The molecule has 4 nitrogen and oxygen atoms in total. The molecule has 1 aliphatic rings. The van der Waals surface area contributed by atoms with Crippen molar-refractivity contribution in [2.24, 2.45) is 0 Å². The van der Waals surface area contributed by atoms with Gasteiger partial charge in [-0.15, -0.1) is 0 Å². The lowest BCUT2D eigenvalue weighted by Crippen LogP contribution is -2.23. The molecule has 3 aromatic rings. The Bertz CT molecular complexity index is 903. The molecular formula is C21H20FN3O. The molecule has 2 aromatic carbocycles. The summed E-state index contributed by atoms with van der Waals surface area (Å²) < 4.78 is 15.0. The lowest BCUT2D eigenvalue weighted by atomic mass is 9.92. The van der Waals surface area contributed by atoms with E-state index in [0.29, 0.717) is 18.2 Å². The summed E-state index contributed by atoms with van der Waals surface area (Å²) in [6.45, 7) is 1.20. The number of halogens is 1. The van der Waals surface area contributed by atoms with Gasteiger partial charge in [-0.25, -0.2) is 9.37 Å². The molecule has 0 unspecified atom stereocenters. The third-order valence-electron chi connectivity index (χ3n) is 4.86. The number of benzene rings is 2. The Morgan fingerprint density at radius 2 is 1.92 bits per heavy atom. The molecular weight excluding hydrogens is 329 g/mol. The first kappa shape index (κ1) is 16.5. The summed E-state index contributed by atoms with van der Waals surface area (Å²) in [5.41, 5.74) is 2.62. The van der Waals surface area contributed by atoms with E-state index < -0.39 is 0 Å². The molecule has 0 radical (unpaired) electrons. The molecule has 1 aromatic heterocycles. The van der Waals surface area contributed by atoms with Gasteiger partial charge in [-0.2, -0.15) is 0 Å². The van der Waals surface area contributed by atoms with Gasteiger partial charge >= 0.3 is 0 Å². The van der Waals surface area contributed by atoms with Crippen molar-refractivity contribution in [3.8, 4) is 0 Å². The van der Waals surface area contributed by atoms with Crippen molar-refractivity contribution in [2.75, 3.05) is 0 Å². The Morgan fingerprint density at radius 3 is 2.69 bits per heavy atom. The van der Waals surface area contributed by atoms with Crippen molar-refractivity contribution < 1.29 is 9.18 Å². The van der Waals surface area contributed by atoms with Gasteiger partial charge in [-0.05, 0) is 29.7 Å². The number of carbonyl (C=O) groups excluding carboxylic acids is 1. The number of imidazole rings is 1. The largest absolute Gasteiger partial charge is 0.347 e. The van der Waals surface area contributed by atoms with Gasteiger partial charge in [0.05, 0.1) is 0 Å². The number of fused-ring (bicyclic) bond motifs is 1. The second-order valence-electron chi connectivity index (χ2n) is 6.65. The highest BCUT2D eigenvalue weighted by molar-refractivity contribution is 5.92. The van der Waals surface area contributed by atoms with E-state index in [1.807, 2.05) is 12.3 Å². The van der Waals surface area contributed by atoms with Crippen molar-refractivity contribution in [1.29, 1.82) is 0 Å². The van der Waals surface area contributed by atoms with Crippen LogP contribution in [0.4, 0.5) is 4.39 Å². The van der Waals surface area contributed by atoms with Gasteiger partial charge in [0, 0.05) is 31.6 Å². The molecule has 0 saturated carbocycles. The molecule has 26 heavy (non-hydrogen) atoms. The monoisotopic (exact) mass is 349 g/mol. The van der Waals surface area contributed by atoms with E-state index in [-0.39, 0.29) is 11.7 Å². The molecule has 0 bridgehead atoms. The summed E-state index contributed by atoms with van der Waals surface area (Å²) in [5, 5.41) is 2.85. The number of carbonyl (C=O) groups is 1. The molecule has 0 fully saturated rings. The second-order valence-corrected chi connectivity index (χ2v) is 6.65. The average Bonchev–Trinajstić information content (AvgIpc) is 3.11. The molecule has 2 heterocycles. The lowest BCUT2D eigenvalue weighted by Gasteiger charge is -2.23. The van der Waals surface area contributed by atoms with Crippen LogP contribution in [0.2, 0.25) is 0 Å². The van der Waals surface area contributed by atoms with Gasteiger partial charge in [0.15, 0.2) is 0 Å². The van der Waals surface area contributed by atoms with Gasteiger partial charge in [0.2, 0.25) is 0 Å². The van der Waals surface area contributed by atoms with Crippen LogP contribution < -0.4 is 5.32 Å². The van der Waals surface area contributed by atoms with Gasteiger partial charge in [-0.1, -0.05) is 42.5 Å². The smallest absolute Gasteiger partial charge is 0.271 e. The molecule has 1 atom stereocenters. The van der Waals surface area contributed by atoms with Crippen molar-refractivity contribution >= 4 is 5.91 Å². The Labute approximate surface area is 151 Å². The number of hydrogen-bond donors (Lipinski definition) is 1. The first-order valence-electron chi connectivity index (χ1n) is 8.82. The predicted octanol–water partition coefficient (Wildman–Crippen LogP) is 3.68. The second kappa shape index (κ2) is 7.12. The SMILES string of the molecule is O=C(NCc1ccc(F)cc1)c1cn2c(n1)CC[C@H](c1ccccc1)C2. The van der Waals surface area contributed by atoms with Crippen LogP contribution in [0.5, 0.6) is 0 Å². The first-order valence-corrected chi connectivity index (χ1v) is 8.82. The quantitative estimate of drug-likeness (QED) is 0.781. The molecule has 132 valence electrons. The van der Waals surface area contributed by atoms with Gasteiger partial charge < -0.3 is 9.88 Å². The van der Waals surface area contributed by atoms with Gasteiger partial charge in [0.25, 0.3) is 5.91 Å². The van der Waals surface area contributed by atoms with E-state index in [0.717, 1.165) is 30.8 Å². The zero-order chi connectivity index (χ0) is 17.9. The highest BCUT2D eigenvalue weighted by atomic mass is 19.1. The maximum atomic E-state index is 12.9. The maximum absolute atomic E-state index is 12.9. The standard InChI is InChI=1S/C21H20FN3O/c22-18-9-6-15(7-10-18)12-23-21(26)19-14-25-13-17(8-11-20(25)24-19)16-4-2-1-3-5-16/h1-7,9-10,14,17H,8,11-13H2,(H,23,26)/t17-/m0/s1. The number of aryl methyl sites for hydroxylation is 1. The van der Waals surface area contributed by atoms with Crippen molar-refractivity contribution in [1.82, 2.24) is 14.9 Å². The summed E-state index contributed by atoms with van der Waals surface area (Å²) in [5.74, 6) is 0.930. The first-order chi connectivity index (χ1) is 12.7. The topological polar surface area (TPSA) is 46.9 Å². The molecule has 0 aliphatic carbocycles. The summed E-state index contributed by atoms with van der Waals surface area (Å²) in [7, 11) is 0. The van der Waals surface area contributed by atoms with E-state index in [2.05, 4.69) is 39.1 Å². The minimum absolute atomic E-state index is 0.201. The van der Waals surface area contributed by atoms with Gasteiger partial charge in [0.1, 0.15) is 17.3 Å². The van der Waals surface area contributed by atoms with E-state index in [1.165, 1.54) is 17.7 Å². The van der Waals surface area contributed by atoms with Crippen LogP contribution in [-0.2, 0) is 19.5 Å². The van der Waals surface area contributed by atoms with Crippen molar-refractivity contribution in [3.05, 3.63) is 89.3 Å². The van der Waals surface area contributed by atoms with Crippen molar-refractivity contribution in [3.63, 3.8) is 0 Å². The van der Waals surface area contributed by atoms with Crippen LogP contribution in [0, 0.1) is 5.82 Å². The highest BCUT2D eigenvalue weighted by Gasteiger charge is 2.23. The third kappa shape index (κ3) is 3.52. The third-order valence-corrected chi connectivity index (χ3v) is 4.86. The zero-order valence-corrected chi connectivity index (χ0v) is 14.4. The number of hydrogen-bond acceptors (Lipinski definition) is 2.